The van der Waals surface area contributed by atoms with Crippen LogP contribution in [0.5, 0.6) is 11.5 Å². The first-order valence-electron chi connectivity index (χ1n) is 6.61. The molecule has 1 unspecified atom stereocenters. The molecule has 1 atom stereocenters. The van der Waals surface area contributed by atoms with Gasteiger partial charge in [-0.25, -0.2) is 4.79 Å². The van der Waals surface area contributed by atoms with Crippen LogP contribution >= 0.6 is 0 Å². The predicted octanol–water partition coefficient (Wildman–Crippen LogP) is 2.33. The van der Waals surface area contributed by atoms with Crippen molar-refractivity contribution in [3.8, 4) is 11.5 Å². The minimum atomic E-state index is -0.507. The molecule has 0 aliphatic carbocycles. The molecule has 1 amide bonds. The van der Waals surface area contributed by atoms with Gasteiger partial charge in [0.2, 0.25) is 0 Å². The molecule has 0 bridgehead atoms. The SMILES string of the molecule is CCOC(=O)N1c2cc(O)c(OC)cc2C(=NO)CC1C. The van der Waals surface area contributed by atoms with Crippen molar-refractivity contribution in [3.63, 3.8) is 0 Å². The number of carbonyl (C=O) groups is 1. The summed E-state index contributed by atoms with van der Waals surface area (Å²) in [5, 5.41) is 22.4. The molecular formula is C14H18N2O5. The van der Waals surface area contributed by atoms with E-state index in [1.807, 2.05) is 6.92 Å². The molecule has 0 saturated heterocycles. The van der Waals surface area contributed by atoms with Crippen LogP contribution in [-0.4, -0.2) is 41.9 Å². The fourth-order valence-electron chi connectivity index (χ4n) is 2.44. The van der Waals surface area contributed by atoms with E-state index in [9.17, 15) is 9.90 Å². The molecule has 0 fully saturated rings. The number of methoxy groups -OCH3 is 1. The Morgan fingerprint density at radius 1 is 1.52 bits per heavy atom. The van der Waals surface area contributed by atoms with Gasteiger partial charge >= 0.3 is 6.09 Å². The van der Waals surface area contributed by atoms with Crippen LogP contribution in [-0.2, 0) is 4.74 Å². The highest BCUT2D eigenvalue weighted by Gasteiger charge is 2.34. The molecule has 1 aromatic carbocycles. The van der Waals surface area contributed by atoms with Crippen molar-refractivity contribution < 1.29 is 24.6 Å². The maximum atomic E-state index is 12.1. The lowest BCUT2D eigenvalue weighted by atomic mass is 9.94. The maximum Gasteiger partial charge on any atom is 0.414 e. The molecule has 114 valence electrons. The third-order valence-corrected chi connectivity index (χ3v) is 3.38. The summed E-state index contributed by atoms with van der Waals surface area (Å²) in [6, 6.07) is 2.69. The summed E-state index contributed by atoms with van der Waals surface area (Å²) in [5.41, 5.74) is 1.38. The fourth-order valence-corrected chi connectivity index (χ4v) is 2.44. The van der Waals surface area contributed by atoms with E-state index >= 15 is 0 Å². The number of rotatable bonds is 2. The van der Waals surface area contributed by atoms with Crippen LogP contribution in [0.15, 0.2) is 17.3 Å². The van der Waals surface area contributed by atoms with Crippen LogP contribution in [0.1, 0.15) is 25.8 Å². The molecule has 0 saturated carbocycles. The van der Waals surface area contributed by atoms with Gasteiger partial charge in [0.15, 0.2) is 11.5 Å². The second-order valence-corrected chi connectivity index (χ2v) is 4.71. The number of phenolic OH excluding ortho intramolecular Hbond substituents is 1. The van der Waals surface area contributed by atoms with Gasteiger partial charge in [0.25, 0.3) is 0 Å². The number of phenols is 1. The molecule has 21 heavy (non-hydrogen) atoms. The lowest BCUT2D eigenvalue weighted by molar-refractivity contribution is 0.157. The van der Waals surface area contributed by atoms with Gasteiger partial charge in [0.1, 0.15) is 0 Å². The van der Waals surface area contributed by atoms with E-state index in [0.29, 0.717) is 23.4 Å². The van der Waals surface area contributed by atoms with Gasteiger partial charge in [-0.05, 0) is 19.9 Å². The number of amides is 1. The number of carbonyl (C=O) groups excluding carboxylic acids is 1. The van der Waals surface area contributed by atoms with Crippen molar-refractivity contribution >= 4 is 17.5 Å². The Labute approximate surface area is 122 Å². The lowest BCUT2D eigenvalue weighted by Crippen LogP contribution is -2.44. The summed E-state index contributed by atoms with van der Waals surface area (Å²) in [6.07, 6.45) is -0.135. The van der Waals surface area contributed by atoms with Gasteiger partial charge in [-0.3, -0.25) is 4.90 Å². The molecule has 2 N–H and O–H groups in total. The number of hydrogen-bond acceptors (Lipinski definition) is 6. The second-order valence-electron chi connectivity index (χ2n) is 4.71. The molecule has 1 heterocycles. The fraction of sp³-hybridized carbons (Fsp3) is 0.429. The maximum absolute atomic E-state index is 12.1. The number of ether oxygens (including phenoxy) is 2. The summed E-state index contributed by atoms with van der Waals surface area (Å²) in [7, 11) is 1.42. The highest BCUT2D eigenvalue weighted by Crippen LogP contribution is 2.39. The molecule has 0 aromatic heterocycles. The standard InChI is InChI=1S/C14H18N2O5/c1-4-21-14(18)16-8(2)5-10(15-19)9-6-13(20-3)12(17)7-11(9)16/h6-8,17,19H,4-5H2,1-3H3. The Morgan fingerprint density at radius 2 is 2.24 bits per heavy atom. The summed E-state index contributed by atoms with van der Waals surface area (Å²) in [5.74, 6) is 0.144. The van der Waals surface area contributed by atoms with Crippen molar-refractivity contribution in [1.82, 2.24) is 0 Å². The topological polar surface area (TPSA) is 91.6 Å². The van der Waals surface area contributed by atoms with E-state index in [-0.39, 0.29) is 24.1 Å². The Kier molecular flexibility index (Phi) is 4.21. The number of fused-ring (bicyclic) bond motifs is 1. The number of anilines is 1. The van der Waals surface area contributed by atoms with Crippen LogP contribution in [0, 0.1) is 0 Å². The lowest BCUT2D eigenvalue weighted by Gasteiger charge is -2.34. The van der Waals surface area contributed by atoms with Crippen molar-refractivity contribution in [3.05, 3.63) is 17.7 Å². The van der Waals surface area contributed by atoms with Crippen LogP contribution in [0.4, 0.5) is 10.5 Å². The van der Waals surface area contributed by atoms with Gasteiger partial charge < -0.3 is 19.8 Å². The summed E-state index contributed by atoms with van der Waals surface area (Å²) < 4.78 is 10.1. The Morgan fingerprint density at radius 3 is 2.81 bits per heavy atom. The van der Waals surface area contributed by atoms with Crippen molar-refractivity contribution in [1.29, 1.82) is 0 Å². The van der Waals surface area contributed by atoms with E-state index in [0.717, 1.165) is 0 Å². The van der Waals surface area contributed by atoms with E-state index < -0.39 is 6.09 Å². The highest BCUT2D eigenvalue weighted by atomic mass is 16.6. The first-order chi connectivity index (χ1) is 10.0. The van der Waals surface area contributed by atoms with Gasteiger partial charge in [0, 0.05) is 24.1 Å². The number of hydrogen-bond donors (Lipinski definition) is 2. The normalized spacial score (nSPS) is 19.3. The number of aromatic hydroxyl groups is 1. The Balaban J connectivity index is 2.59. The molecule has 0 spiro atoms. The second kappa shape index (κ2) is 5.90. The van der Waals surface area contributed by atoms with Gasteiger partial charge in [-0.1, -0.05) is 5.16 Å². The van der Waals surface area contributed by atoms with Crippen LogP contribution in [0.25, 0.3) is 0 Å². The zero-order valence-corrected chi connectivity index (χ0v) is 12.2. The molecule has 1 aromatic rings. The molecule has 7 heteroatoms. The van der Waals surface area contributed by atoms with Crippen molar-refractivity contribution in [2.24, 2.45) is 5.16 Å². The Bertz CT molecular complexity index is 585. The molecule has 1 aliphatic heterocycles. The minimum absolute atomic E-state index is 0.100. The zero-order valence-electron chi connectivity index (χ0n) is 12.2. The molecule has 1 aliphatic rings. The van der Waals surface area contributed by atoms with Crippen molar-refractivity contribution in [2.45, 2.75) is 26.3 Å². The molecular weight excluding hydrogens is 276 g/mol. The van der Waals surface area contributed by atoms with E-state index in [4.69, 9.17) is 14.7 Å². The summed E-state index contributed by atoms with van der Waals surface area (Å²) >= 11 is 0. The number of benzene rings is 1. The molecule has 0 radical (unpaired) electrons. The number of nitrogens with zero attached hydrogens (tertiary/aromatic N) is 2. The average Bonchev–Trinajstić information content (AvgIpc) is 2.45. The highest BCUT2D eigenvalue weighted by molar-refractivity contribution is 6.11. The van der Waals surface area contributed by atoms with E-state index in [1.54, 1.807) is 6.92 Å². The third kappa shape index (κ3) is 2.58. The monoisotopic (exact) mass is 294 g/mol. The van der Waals surface area contributed by atoms with E-state index in [2.05, 4.69) is 5.16 Å². The van der Waals surface area contributed by atoms with Crippen molar-refractivity contribution in [2.75, 3.05) is 18.6 Å². The largest absolute Gasteiger partial charge is 0.504 e. The van der Waals surface area contributed by atoms with Gasteiger partial charge in [-0.2, -0.15) is 0 Å². The first-order valence-corrected chi connectivity index (χ1v) is 6.61. The Hall–Kier alpha value is -2.44. The number of oxime groups is 1. The molecule has 2 rings (SSSR count). The average molecular weight is 294 g/mol. The van der Waals surface area contributed by atoms with Crippen LogP contribution in [0.3, 0.4) is 0 Å². The molecule has 7 nitrogen and oxygen atoms in total. The zero-order chi connectivity index (χ0) is 15.6. The predicted molar refractivity (Wildman–Crippen MR) is 76.6 cm³/mol. The minimum Gasteiger partial charge on any atom is -0.504 e. The van der Waals surface area contributed by atoms with E-state index in [1.165, 1.54) is 24.1 Å². The van der Waals surface area contributed by atoms with Gasteiger partial charge in [-0.15, -0.1) is 0 Å². The quantitative estimate of drug-likeness (QED) is 0.645. The van der Waals surface area contributed by atoms with Gasteiger partial charge in [0.05, 0.1) is 25.1 Å². The summed E-state index contributed by atoms with van der Waals surface area (Å²) in [4.78, 5) is 13.6. The van der Waals surface area contributed by atoms with Crippen LogP contribution in [0.2, 0.25) is 0 Å². The third-order valence-electron chi connectivity index (χ3n) is 3.38. The summed E-state index contributed by atoms with van der Waals surface area (Å²) in [6.45, 7) is 3.78. The first kappa shape index (κ1) is 15.0. The smallest absolute Gasteiger partial charge is 0.414 e. The van der Waals surface area contributed by atoms with Crippen LogP contribution < -0.4 is 9.64 Å².